The summed E-state index contributed by atoms with van der Waals surface area (Å²) in [6.45, 7) is 4.19. The minimum Gasteiger partial charge on any atom is -0.478 e. The first-order valence-corrected chi connectivity index (χ1v) is 5.89. The van der Waals surface area contributed by atoms with Gasteiger partial charge >= 0.3 is 0 Å². The molecule has 0 spiro atoms. The summed E-state index contributed by atoms with van der Waals surface area (Å²) in [4.78, 5) is 11.7. The van der Waals surface area contributed by atoms with E-state index in [1.54, 1.807) is 17.8 Å². The molecule has 2 rings (SSSR count). The molecule has 0 unspecified atom stereocenters. The van der Waals surface area contributed by atoms with Crippen molar-refractivity contribution in [2.24, 2.45) is 13.0 Å². The summed E-state index contributed by atoms with van der Waals surface area (Å²) in [7, 11) is 1.80. The van der Waals surface area contributed by atoms with Crippen LogP contribution in [0.4, 0.5) is 5.82 Å². The normalized spacial score (nSPS) is 15.4. The molecule has 1 aromatic rings. The van der Waals surface area contributed by atoms with Gasteiger partial charge in [-0.15, -0.1) is 0 Å². The Morgan fingerprint density at radius 3 is 3.06 bits per heavy atom. The number of rotatable bonds is 5. The van der Waals surface area contributed by atoms with Crippen LogP contribution in [-0.4, -0.2) is 35.4 Å². The van der Waals surface area contributed by atoms with E-state index >= 15 is 0 Å². The molecule has 0 aromatic carbocycles. The van der Waals surface area contributed by atoms with Crippen LogP contribution < -0.4 is 15.4 Å². The Morgan fingerprint density at radius 1 is 1.71 bits per heavy atom. The van der Waals surface area contributed by atoms with Crippen molar-refractivity contribution < 1.29 is 9.53 Å². The first-order valence-electron chi connectivity index (χ1n) is 5.89. The van der Waals surface area contributed by atoms with Gasteiger partial charge < -0.3 is 15.4 Å². The second-order valence-electron chi connectivity index (χ2n) is 4.18. The molecule has 6 nitrogen and oxygen atoms in total. The molecule has 2 N–H and O–H groups in total. The lowest BCUT2D eigenvalue weighted by Gasteiger charge is -2.25. The summed E-state index contributed by atoms with van der Waals surface area (Å²) in [5.74, 6) is 1.31. The predicted octanol–water partition coefficient (Wildman–Crippen LogP) is 0.367. The highest BCUT2D eigenvalue weighted by atomic mass is 16.5. The first kappa shape index (κ1) is 11.9. The number of anilines is 1. The van der Waals surface area contributed by atoms with E-state index in [4.69, 9.17) is 4.74 Å². The molecule has 0 saturated carbocycles. The highest BCUT2D eigenvalue weighted by Crippen LogP contribution is 2.17. The lowest BCUT2D eigenvalue weighted by molar-refractivity contribution is -0.121. The van der Waals surface area contributed by atoms with E-state index in [0.717, 1.165) is 19.5 Å². The van der Waals surface area contributed by atoms with Crippen LogP contribution in [0, 0.1) is 5.92 Å². The van der Waals surface area contributed by atoms with Crippen LogP contribution in [0.15, 0.2) is 6.07 Å². The second-order valence-corrected chi connectivity index (χ2v) is 4.18. The molecule has 1 aliphatic heterocycles. The van der Waals surface area contributed by atoms with Gasteiger partial charge in [-0.1, -0.05) is 6.92 Å². The van der Waals surface area contributed by atoms with E-state index in [-0.39, 0.29) is 11.8 Å². The van der Waals surface area contributed by atoms with Crippen molar-refractivity contribution in [3.05, 3.63) is 6.07 Å². The van der Waals surface area contributed by atoms with Crippen molar-refractivity contribution >= 4 is 11.7 Å². The fourth-order valence-corrected chi connectivity index (χ4v) is 1.56. The average molecular weight is 238 g/mol. The Hall–Kier alpha value is -1.56. The van der Waals surface area contributed by atoms with Crippen molar-refractivity contribution in [2.75, 3.05) is 25.0 Å². The molecule has 0 radical (unpaired) electrons. The lowest BCUT2D eigenvalue weighted by atomic mass is 10.0. The number of ether oxygens (including phenoxy) is 1. The SMILES string of the molecule is CCCOc1cc(NC(=O)C2CNC2)nn1C. The first-order chi connectivity index (χ1) is 8.20. The maximum Gasteiger partial charge on any atom is 0.231 e. The number of aryl methyl sites for hydroxylation is 1. The number of nitrogens with zero attached hydrogens (tertiary/aromatic N) is 2. The minimum absolute atomic E-state index is 0.0175. The number of nitrogens with one attached hydrogen (secondary N) is 2. The molecule has 1 amide bonds. The van der Waals surface area contributed by atoms with Crippen molar-refractivity contribution in [3.8, 4) is 5.88 Å². The Bertz CT molecular complexity index is 398. The standard InChI is InChI=1S/C11H18N4O2/c1-3-4-17-10-5-9(14-15(10)2)13-11(16)8-6-12-7-8/h5,8,12H,3-4,6-7H2,1-2H3,(H,13,14,16). The fraction of sp³-hybridized carbons (Fsp3) is 0.636. The maximum atomic E-state index is 11.7. The van der Waals surface area contributed by atoms with Gasteiger partial charge in [0.2, 0.25) is 11.8 Å². The number of amides is 1. The van der Waals surface area contributed by atoms with Crippen LogP contribution in [0.2, 0.25) is 0 Å². The smallest absolute Gasteiger partial charge is 0.231 e. The molecule has 0 aliphatic carbocycles. The summed E-state index contributed by atoms with van der Waals surface area (Å²) in [6.07, 6.45) is 0.945. The molecule has 1 fully saturated rings. The highest BCUT2D eigenvalue weighted by Gasteiger charge is 2.25. The Morgan fingerprint density at radius 2 is 2.47 bits per heavy atom. The van der Waals surface area contributed by atoms with Crippen LogP contribution in [0.1, 0.15) is 13.3 Å². The number of carbonyl (C=O) groups is 1. The molecular formula is C11H18N4O2. The molecule has 6 heteroatoms. The van der Waals surface area contributed by atoms with Crippen LogP contribution >= 0.6 is 0 Å². The van der Waals surface area contributed by atoms with Gasteiger partial charge in [-0.25, -0.2) is 4.68 Å². The van der Waals surface area contributed by atoms with Crippen molar-refractivity contribution in [3.63, 3.8) is 0 Å². The number of carbonyl (C=O) groups excluding carboxylic acids is 1. The van der Waals surface area contributed by atoms with Crippen molar-refractivity contribution in [1.29, 1.82) is 0 Å². The molecule has 1 aliphatic rings. The summed E-state index contributed by atoms with van der Waals surface area (Å²) in [6, 6.07) is 1.75. The minimum atomic E-state index is 0.0175. The molecule has 2 heterocycles. The van der Waals surface area contributed by atoms with Crippen molar-refractivity contribution in [2.45, 2.75) is 13.3 Å². The predicted molar refractivity (Wildman–Crippen MR) is 64.0 cm³/mol. The lowest BCUT2D eigenvalue weighted by Crippen LogP contribution is -2.48. The monoisotopic (exact) mass is 238 g/mol. The largest absolute Gasteiger partial charge is 0.478 e. The molecule has 0 bridgehead atoms. The quantitative estimate of drug-likeness (QED) is 0.777. The van der Waals surface area contributed by atoms with Crippen molar-refractivity contribution in [1.82, 2.24) is 15.1 Å². The zero-order valence-corrected chi connectivity index (χ0v) is 10.2. The molecule has 94 valence electrons. The summed E-state index contributed by atoms with van der Waals surface area (Å²) < 4.78 is 7.12. The van der Waals surface area contributed by atoms with Gasteiger partial charge in [-0.2, -0.15) is 5.10 Å². The van der Waals surface area contributed by atoms with E-state index in [9.17, 15) is 4.79 Å². The van der Waals surface area contributed by atoms with E-state index < -0.39 is 0 Å². The Labute approximate surface area is 100 Å². The maximum absolute atomic E-state index is 11.7. The summed E-state index contributed by atoms with van der Waals surface area (Å²) in [5.41, 5.74) is 0. The van der Waals surface area contributed by atoms with Crippen LogP contribution in [0.3, 0.4) is 0 Å². The van der Waals surface area contributed by atoms with E-state index in [1.807, 2.05) is 6.92 Å². The number of aromatic nitrogens is 2. The Balaban J connectivity index is 1.94. The molecule has 1 aromatic heterocycles. The summed E-state index contributed by atoms with van der Waals surface area (Å²) in [5, 5.41) is 10.0. The Kier molecular flexibility index (Phi) is 3.63. The molecule has 0 atom stereocenters. The van der Waals surface area contributed by atoms with E-state index in [0.29, 0.717) is 18.3 Å². The van der Waals surface area contributed by atoms with Gasteiger partial charge in [0.1, 0.15) is 0 Å². The van der Waals surface area contributed by atoms with Gasteiger partial charge in [0, 0.05) is 26.2 Å². The van der Waals surface area contributed by atoms with Gasteiger partial charge in [-0.3, -0.25) is 4.79 Å². The van der Waals surface area contributed by atoms with Crippen LogP contribution in [0.25, 0.3) is 0 Å². The molecule has 17 heavy (non-hydrogen) atoms. The van der Waals surface area contributed by atoms with E-state index in [2.05, 4.69) is 15.7 Å². The second kappa shape index (κ2) is 5.18. The number of hydrogen-bond donors (Lipinski definition) is 2. The van der Waals surface area contributed by atoms with Gasteiger partial charge in [0.25, 0.3) is 0 Å². The highest BCUT2D eigenvalue weighted by molar-refractivity contribution is 5.92. The molecular weight excluding hydrogens is 220 g/mol. The number of hydrogen-bond acceptors (Lipinski definition) is 4. The third-order valence-corrected chi connectivity index (χ3v) is 2.69. The summed E-state index contributed by atoms with van der Waals surface area (Å²) >= 11 is 0. The zero-order chi connectivity index (χ0) is 12.3. The zero-order valence-electron chi connectivity index (χ0n) is 10.2. The van der Waals surface area contributed by atoms with Crippen LogP contribution in [0.5, 0.6) is 5.88 Å². The van der Waals surface area contributed by atoms with Gasteiger partial charge in [0.15, 0.2) is 5.82 Å². The third kappa shape index (κ3) is 2.76. The fourth-order valence-electron chi connectivity index (χ4n) is 1.56. The van der Waals surface area contributed by atoms with Crippen LogP contribution in [-0.2, 0) is 11.8 Å². The topological polar surface area (TPSA) is 68.2 Å². The van der Waals surface area contributed by atoms with Gasteiger partial charge in [0.05, 0.1) is 12.5 Å². The third-order valence-electron chi connectivity index (χ3n) is 2.69. The van der Waals surface area contributed by atoms with E-state index in [1.165, 1.54) is 0 Å². The molecule has 1 saturated heterocycles. The average Bonchev–Trinajstić information content (AvgIpc) is 2.53. The van der Waals surface area contributed by atoms with Gasteiger partial charge in [-0.05, 0) is 6.42 Å².